The van der Waals surface area contributed by atoms with Crippen molar-refractivity contribution in [2.45, 2.75) is 32.4 Å². The van der Waals surface area contributed by atoms with Crippen LogP contribution in [0.2, 0.25) is 0 Å². The van der Waals surface area contributed by atoms with Gasteiger partial charge in [0, 0.05) is 31.7 Å². The second kappa shape index (κ2) is 9.93. The number of hydrogen-bond donors (Lipinski definition) is 1. The number of amides is 2. The van der Waals surface area contributed by atoms with Crippen LogP contribution >= 0.6 is 0 Å². The molecule has 0 spiro atoms. The van der Waals surface area contributed by atoms with Gasteiger partial charge in [-0.2, -0.15) is 0 Å². The van der Waals surface area contributed by atoms with Crippen LogP contribution in [0.5, 0.6) is 5.75 Å². The van der Waals surface area contributed by atoms with Crippen molar-refractivity contribution in [1.29, 1.82) is 0 Å². The van der Waals surface area contributed by atoms with Gasteiger partial charge in [0.2, 0.25) is 11.8 Å². The molecule has 1 atom stereocenters. The lowest BCUT2D eigenvalue weighted by Gasteiger charge is -2.39. The Morgan fingerprint density at radius 2 is 1.52 bits per heavy atom. The maximum atomic E-state index is 13.6. The largest absolute Gasteiger partial charge is 0.489 e. The van der Waals surface area contributed by atoms with E-state index in [9.17, 15) is 9.59 Å². The minimum Gasteiger partial charge on any atom is -0.489 e. The van der Waals surface area contributed by atoms with Crippen LogP contribution in [-0.2, 0) is 9.59 Å². The van der Waals surface area contributed by atoms with Crippen molar-refractivity contribution in [2.24, 2.45) is 0 Å². The fraction of sp³-hybridized carbons (Fsp3) is 0.462. The highest BCUT2D eigenvalue weighted by Crippen LogP contribution is 2.39. The molecular formula is C26H34N4O3. The maximum absolute atomic E-state index is 13.6. The van der Waals surface area contributed by atoms with Gasteiger partial charge < -0.3 is 10.1 Å². The first kappa shape index (κ1) is 23.3. The fourth-order valence-electron chi connectivity index (χ4n) is 4.45. The first-order valence-corrected chi connectivity index (χ1v) is 11.6. The van der Waals surface area contributed by atoms with Crippen LogP contribution in [-0.4, -0.2) is 73.0 Å². The summed E-state index contributed by atoms with van der Waals surface area (Å²) in [5, 5.41) is 3.02. The minimum atomic E-state index is -0.227. The molecule has 2 aliphatic rings. The fourth-order valence-corrected chi connectivity index (χ4v) is 4.45. The molecule has 2 aromatic carbocycles. The summed E-state index contributed by atoms with van der Waals surface area (Å²) in [5.74, 6) is 0.855. The lowest BCUT2D eigenvalue weighted by Crippen LogP contribution is -2.54. The Morgan fingerprint density at radius 1 is 0.909 bits per heavy atom. The van der Waals surface area contributed by atoms with Gasteiger partial charge in [-0.3, -0.25) is 24.3 Å². The predicted octanol–water partition coefficient (Wildman–Crippen LogP) is 2.69. The summed E-state index contributed by atoms with van der Waals surface area (Å²) in [6, 6.07) is 17.6. The molecule has 2 aromatic rings. The standard InChI is InChI=1S/C26H34N4O3/c1-26(2,3)27-24(31)17-28-13-15-29(16-14-28)18-25(32)30-21-11-7-8-12-23(21)33-19-22(30)20-9-5-4-6-10-20/h4-12,22H,13-19H2,1-3H3,(H,27,31)/t22-/m1/s1. The summed E-state index contributed by atoms with van der Waals surface area (Å²) in [7, 11) is 0. The number of carbonyl (C=O) groups is 2. The molecule has 1 fully saturated rings. The molecule has 0 aliphatic carbocycles. The molecule has 33 heavy (non-hydrogen) atoms. The average Bonchev–Trinajstić information content (AvgIpc) is 2.79. The van der Waals surface area contributed by atoms with Crippen molar-refractivity contribution in [2.75, 3.05) is 50.8 Å². The summed E-state index contributed by atoms with van der Waals surface area (Å²) < 4.78 is 5.99. The van der Waals surface area contributed by atoms with Crippen molar-refractivity contribution in [3.05, 3.63) is 60.2 Å². The van der Waals surface area contributed by atoms with Crippen LogP contribution in [0.1, 0.15) is 32.4 Å². The number of para-hydroxylation sites is 2. The second-order valence-corrected chi connectivity index (χ2v) is 9.82. The maximum Gasteiger partial charge on any atom is 0.241 e. The molecule has 4 rings (SSSR count). The van der Waals surface area contributed by atoms with Crippen LogP contribution in [0.3, 0.4) is 0 Å². The summed E-state index contributed by atoms with van der Waals surface area (Å²) >= 11 is 0. The number of ether oxygens (including phenoxy) is 1. The third-order valence-electron chi connectivity index (χ3n) is 5.99. The third-order valence-corrected chi connectivity index (χ3v) is 5.99. The number of nitrogens with one attached hydrogen (secondary N) is 1. The second-order valence-electron chi connectivity index (χ2n) is 9.82. The molecule has 176 valence electrons. The molecule has 1 N–H and O–H groups in total. The number of piperazine rings is 1. The molecule has 1 saturated heterocycles. The number of fused-ring (bicyclic) bond motifs is 1. The molecule has 0 bridgehead atoms. The Bertz CT molecular complexity index is 965. The number of carbonyl (C=O) groups excluding carboxylic acids is 2. The molecule has 0 unspecified atom stereocenters. The van der Waals surface area contributed by atoms with E-state index in [0.29, 0.717) is 19.7 Å². The van der Waals surface area contributed by atoms with Crippen molar-refractivity contribution < 1.29 is 14.3 Å². The number of benzene rings is 2. The Balaban J connectivity index is 1.40. The van der Waals surface area contributed by atoms with Gasteiger partial charge in [0.15, 0.2) is 0 Å². The van der Waals surface area contributed by atoms with E-state index in [1.54, 1.807) is 0 Å². The summed E-state index contributed by atoms with van der Waals surface area (Å²) in [6.07, 6.45) is 0. The smallest absolute Gasteiger partial charge is 0.241 e. The van der Waals surface area contributed by atoms with E-state index < -0.39 is 0 Å². The lowest BCUT2D eigenvalue weighted by atomic mass is 10.0. The van der Waals surface area contributed by atoms with Gasteiger partial charge in [-0.05, 0) is 38.5 Å². The molecule has 0 saturated carbocycles. The van der Waals surface area contributed by atoms with Crippen LogP contribution < -0.4 is 15.0 Å². The Kier molecular flexibility index (Phi) is 7.00. The topological polar surface area (TPSA) is 65.1 Å². The molecule has 0 radical (unpaired) electrons. The zero-order chi connectivity index (χ0) is 23.4. The van der Waals surface area contributed by atoms with E-state index in [1.165, 1.54) is 0 Å². The van der Waals surface area contributed by atoms with Gasteiger partial charge >= 0.3 is 0 Å². The van der Waals surface area contributed by atoms with Crippen molar-refractivity contribution in [3.63, 3.8) is 0 Å². The SMILES string of the molecule is CC(C)(C)NC(=O)CN1CCN(CC(=O)N2c3ccccc3OC[C@@H]2c2ccccc2)CC1. The molecule has 0 aromatic heterocycles. The number of hydrogen-bond acceptors (Lipinski definition) is 5. The van der Waals surface area contributed by atoms with Crippen LogP contribution in [0.4, 0.5) is 5.69 Å². The van der Waals surface area contributed by atoms with Crippen LogP contribution in [0.25, 0.3) is 0 Å². The molecule has 7 heteroatoms. The van der Waals surface area contributed by atoms with E-state index in [-0.39, 0.29) is 23.4 Å². The average molecular weight is 451 g/mol. The Labute approximate surface area is 196 Å². The van der Waals surface area contributed by atoms with Gasteiger partial charge in [0.25, 0.3) is 0 Å². The first-order valence-electron chi connectivity index (χ1n) is 11.6. The van der Waals surface area contributed by atoms with Crippen LogP contribution in [0.15, 0.2) is 54.6 Å². The quantitative estimate of drug-likeness (QED) is 0.759. The first-order chi connectivity index (χ1) is 15.8. The minimum absolute atomic E-state index is 0.0441. The number of anilines is 1. The van der Waals surface area contributed by atoms with E-state index in [1.807, 2.05) is 80.3 Å². The van der Waals surface area contributed by atoms with Crippen LogP contribution in [0, 0.1) is 0 Å². The van der Waals surface area contributed by atoms with E-state index in [4.69, 9.17) is 4.74 Å². The predicted molar refractivity (Wildman–Crippen MR) is 129 cm³/mol. The van der Waals surface area contributed by atoms with Gasteiger partial charge in [0.1, 0.15) is 12.4 Å². The number of rotatable bonds is 5. The van der Waals surface area contributed by atoms with Crippen molar-refractivity contribution in [1.82, 2.24) is 15.1 Å². The zero-order valence-electron chi connectivity index (χ0n) is 19.8. The van der Waals surface area contributed by atoms with Crippen molar-refractivity contribution in [3.8, 4) is 5.75 Å². The van der Waals surface area contributed by atoms with Crippen molar-refractivity contribution >= 4 is 17.5 Å². The summed E-state index contributed by atoms with van der Waals surface area (Å²) in [4.78, 5) is 32.1. The van der Waals surface area contributed by atoms with Gasteiger partial charge in [-0.25, -0.2) is 0 Å². The highest BCUT2D eigenvalue weighted by atomic mass is 16.5. The molecule has 2 aliphatic heterocycles. The molecule has 2 heterocycles. The summed E-state index contributed by atoms with van der Waals surface area (Å²) in [5.41, 5.74) is 1.66. The lowest BCUT2D eigenvalue weighted by molar-refractivity contribution is -0.125. The number of nitrogens with zero attached hydrogens (tertiary/aromatic N) is 3. The van der Waals surface area contributed by atoms with E-state index >= 15 is 0 Å². The van der Waals surface area contributed by atoms with E-state index in [0.717, 1.165) is 43.2 Å². The van der Waals surface area contributed by atoms with Gasteiger partial charge in [0.05, 0.1) is 24.8 Å². The monoisotopic (exact) mass is 450 g/mol. The Hall–Kier alpha value is -2.90. The summed E-state index contributed by atoms with van der Waals surface area (Å²) in [6.45, 7) is 10.2. The van der Waals surface area contributed by atoms with E-state index in [2.05, 4.69) is 15.1 Å². The zero-order valence-corrected chi connectivity index (χ0v) is 19.8. The third kappa shape index (κ3) is 5.92. The molecule has 2 amide bonds. The van der Waals surface area contributed by atoms with Gasteiger partial charge in [-0.1, -0.05) is 42.5 Å². The Morgan fingerprint density at radius 3 is 2.18 bits per heavy atom. The highest BCUT2D eigenvalue weighted by molar-refractivity contribution is 5.97. The normalized spacial score (nSPS) is 19.5. The molecular weight excluding hydrogens is 416 g/mol. The molecule has 7 nitrogen and oxygen atoms in total. The highest BCUT2D eigenvalue weighted by Gasteiger charge is 2.34. The van der Waals surface area contributed by atoms with Gasteiger partial charge in [-0.15, -0.1) is 0 Å².